The lowest BCUT2D eigenvalue weighted by Gasteiger charge is -2.46. The Morgan fingerprint density at radius 1 is 0.944 bits per heavy atom. The fourth-order valence-electron chi connectivity index (χ4n) is 3.45. The summed E-state index contributed by atoms with van der Waals surface area (Å²) in [7, 11) is 0. The zero-order valence-corrected chi connectivity index (χ0v) is 12.9. The van der Waals surface area contributed by atoms with Gasteiger partial charge in [-0.25, -0.2) is 0 Å². The van der Waals surface area contributed by atoms with Gasteiger partial charge in [0.1, 0.15) is 0 Å². The lowest BCUT2D eigenvalue weighted by Crippen LogP contribution is -2.53. The van der Waals surface area contributed by atoms with Crippen molar-refractivity contribution < 1.29 is 0 Å². The van der Waals surface area contributed by atoms with E-state index in [1.165, 1.54) is 58.3 Å². The Morgan fingerprint density at radius 2 is 1.50 bits per heavy atom. The van der Waals surface area contributed by atoms with Crippen molar-refractivity contribution in [3.05, 3.63) is 0 Å². The summed E-state index contributed by atoms with van der Waals surface area (Å²) in [4.78, 5) is 5.48. The molecule has 0 aliphatic carbocycles. The molecule has 0 N–H and O–H groups in total. The second-order valence-electron chi connectivity index (χ2n) is 7.10. The molecule has 0 amide bonds. The van der Waals surface area contributed by atoms with Crippen LogP contribution in [0.5, 0.6) is 0 Å². The summed E-state index contributed by atoms with van der Waals surface area (Å²) in [5, 5.41) is 0. The van der Waals surface area contributed by atoms with E-state index < -0.39 is 0 Å². The smallest absolute Gasteiger partial charge is 0.0150 e. The van der Waals surface area contributed by atoms with Crippen LogP contribution in [0, 0.1) is 5.92 Å². The Morgan fingerprint density at radius 3 is 2.00 bits per heavy atom. The highest BCUT2D eigenvalue weighted by Gasteiger charge is 2.32. The van der Waals surface area contributed by atoms with E-state index in [0.717, 1.165) is 12.0 Å². The van der Waals surface area contributed by atoms with Crippen molar-refractivity contribution in [2.24, 2.45) is 5.92 Å². The number of likely N-dealkylation sites (tertiary alicyclic amines) is 2. The van der Waals surface area contributed by atoms with Crippen molar-refractivity contribution in [2.45, 2.75) is 71.4 Å². The van der Waals surface area contributed by atoms with Crippen molar-refractivity contribution in [3.8, 4) is 0 Å². The van der Waals surface area contributed by atoms with Crippen molar-refractivity contribution in [1.82, 2.24) is 9.80 Å². The van der Waals surface area contributed by atoms with E-state index in [9.17, 15) is 0 Å². The van der Waals surface area contributed by atoms with Gasteiger partial charge in [-0.2, -0.15) is 0 Å². The van der Waals surface area contributed by atoms with Gasteiger partial charge < -0.3 is 4.90 Å². The fraction of sp³-hybridized carbons (Fsp3) is 1.00. The van der Waals surface area contributed by atoms with Crippen LogP contribution in [0.25, 0.3) is 0 Å². The van der Waals surface area contributed by atoms with Gasteiger partial charge in [-0.15, -0.1) is 0 Å². The SMILES string of the molecule is CCC(C)(C)N1CCC(N2CCC(C)CC2)CC1. The van der Waals surface area contributed by atoms with Crippen molar-refractivity contribution in [2.75, 3.05) is 26.2 Å². The Hall–Kier alpha value is -0.0800. The topological polar surface area (TPSA) is 6.48 Å². The highest BCUT2D eigenvalue weighted by molar-refractivity contribution is 4.88. The molecule has 0 aromatic heterocycles. The Labute approximate surface area is 114 Å². The molecule has 2 heterocycles. The molecule has 2 saturated heterocycles. The summed E-state index contributed by atoms with van der Waals surface area (Å²) >= 11 is 0. The first-order valence-corrected chi connectivity index (χ1v) is 8.02. The Bertz CT molecular complexity index is 246. The number of hydrogen-bond acceptors (Lipinski definition) is 2. The van der Waals surface area contributed by atoms with Crippen LogP contribution in [-0.2, 0) is 0 Å². The molecule has 0 bridgehead atoms. The van der Waals surface area contributed by atoms with Crippen LogP contribution in [0.2, 0.25) is 0 Å². The molecule has 106 valence electrons. The zero-order valence-electron chi connectivity index (χ0n) is 12.9. The first-order chi connectivity index (χ1) is 8.53. The molecule has 0 atom stereocenters. The van der Waals surface area contributed by atoms with E-state index in [1.54, 1.807) is 0 Å². The summed E-state index contributed by atoms with van der Waals surface area (Å²) in [5.41, 5.74) is 0.404. The van der Waals surface area contributed by atoms with Crippen LogP contribution in [0.3, 0.4) is 0 Å². The highest BCUT2D eigenvalue weighted by Crippen LogP contribution is 2.27. The maximum absolute atomic E-state index is 2.77. The maximum atomic E-state index is 2.77. The third-order valence-corrected chi connectivity index (χ3v) is 5.52. The van der Waals surface area contributed by atoms with E-state index >= 15 is 0 Å². The van der Waals surface area contributed by atoms with Gasteiger partial charge >= 0.3 is 0 Å². The molecule has 2 aliphatic heterocycles. The van der Waals surface area contributed by atoms with Crippen LogP contribution >= 0.6 is 0 Å². The number of hydrogen-bond donors (Lipinski definition) is 0. The van der Waals surface area contributed by atoms with E-state index in [-0.39, 0.29) is 0 Å². The van der Waals surface area contributed by atoms with Gasteiger partial charge in [-0.1, -0.05) is 13.8 Å². The average molecular weight is 252 g/mol. The third-order valence-electron chi connectivity index (χ3n) is 5.52. The first kappa shape index (κ1) is 14.3. The molecule has 0 unspecified atom stereocenters. The predicted molar refractivity (Wildman–Crippen MR) is 78.9 cm³/mol. The molecule has 2 heteroatoms. The van der Waals surface area contributed by atoms with Gasteiger partial charge in [0.2, 0.25) is 0 Å². The first-order valence-electron chi connectivity index (χ1n) is 8.02. The van der Waals surface area contributed by atoms with E-state index in [1.807, 2.05) is 0 Å². The van der Waals surface area contributed by atoms with Gasteiger partial charge in [0.05, 0.1) is 0 Å². The lowest BCUT2D eigenvalue weighted by atomic mass is 9.91. The van der Waals surface area contributed by atoms with E-state index in [0.29, 0.717) is 5.54 Å². The van der Waals surface area contributed by atoms with Crippen LogP contribution < -0.4 is 0 Å². The van der Waals surface area contributed by atoms with Crippen LogP contribution in [0.4, 0.5) is 0 Å². The number of rotatable bonds is 3. The summed E-state index contributed by atoms with van der Waals surface area (Å²) in [6, 6.07) is 0.876. The van der Waals surface area contributed by atoms with E-state index in [4.69, 9.17) is 0 Å². The summed E-state index contributed by atoms with van der Waals surface area (Å²) in [6.07, 6.45) is 6.87. The monoisotopic (exact) mass is 252 g/mol. The van der Waals surface area contributed by atoms with Crippen molar-refractivity contribution >= 4 is 0 Å². The van der Waals surface area contributed by atoms with E-state index in [2.05, 4.69) is 37.5 Å². The number of piperidine rings is 2. The molecule has 0 spiro atoms. The van der Waals surface area contributed by atoms with Gasteiger partial charge in [0.15, 0.2) is 0 Å². The quantitative estimate of drug-likeness (QED) is 0.760. The third kappa shape index (κ3) is 3.27. The molecule has 0 aromatic carbocycles. The summed E-state index contributed by atoms with van der Waals surface area (Å²) in [5.74, 6) is 0.959. The van der Waals surface area contributed by atoms with Gasteiger partial charge in [-0.3, -0.25) is 4.90 Å². The highest BCUT2D eigenvalue weighted by atomic mass is 15.2. The number of nitrogens with zero attached hydrogens (tertiary/aromatic N) is 2. The molecule has 2 aliphatic rings. The minimum atomic E-state index is 0.404. The summed E-state index contributed by atoms with van der Waals surface area (Å²) < 4.78 is 0. The lowest BCUT2D eigenvalue weighted by molar-refractivity contribution is 0.0347. The predicted octanol–water partition coefficient (Wildman–Crippen LogP) is 3.37. The summed E-state index contributed by atoms with van der Waals surface area (Å²) in [6.45, 7) is 14.8. The molecule has 2 nitrogen and oxygen atoms in total. The molecule has 0 aromatic rings. The Kier molecular flexibility index (Phi) is 4.71. The fourth-order valence-corrected chi connectivity index (χ4v) is 3.45. The standard InChI is InChI=1S/C16H32N2/c1-5-16(3,4)18-12-8-15(9-13-18)17-10-6-14(2)7-11-17/h14-15H,5-13H2,1-4H3. The van der Waals surface area contributed by atoms with Crippen LogP contribution in [0.15, 0.2) is 0 Å². The molecular formula is C16H32N2. The largest absolute Gasteiger partial charge is 0.300 e. The average Bonchev–Trinajstić information content (AvgIpc) is 2.40. The Balaban J connectivity index is 1.80. The molecular weight excluding hydrogens is 220 g/mol. The van der Waals surface area contributed by atoms with Crippen LogP contribution in [-0.4, -0.2) is 47.6 Å². The zero-order chi connectivity index (χ0) is 13.2. The molecule has 2 fully saturated rings. The molecule has 0 radical (unpaired) electrons. The van der Waals surface area contributed by atoms with Crippen LogP contribution in [0.1, 0.15) is 59.8 Å². The minimum absolute atomic E-state index is 0.404. The normalized spacial score (nSPS) is 26.7. The second-order valence-corrected chi connectivity index (χ2v) is 7.10. The second kappa shape index (κ2) is 5.92. The molecule has 0 saturated carbocycles. The molecule has 18 heavy (non-hydrogen) atoms. The van der Waals surface area contributed by atoms with Gasteiger partial charge in [0.25, 0.3) is 0 Å². The minimum Gasteiger partial charge on any atom is -0.300 e. The van der Waals surface area contributed by atoms with Crippen molar-refractivity contribution in [1.29, 1.82) is 0 Å². The van der Waals surface area contributed by atoms with Gasteiger partial charge in [0, 0.05) is 24.7 Å². The van der Waals surface area contributed by atoms with Gasteiger partial charge in [-0.05, 0) is 65.0 Å². The molecule has 2 rings (SSSR count). The van der Waals surface area contributed by atoms with Crippen molar-refractivity contribution in [3.63, 3.8) is 0 Å². The maximum Gasteiger partial charge on any atom is 0.0150 e.